The number of ether oxygens (including phenoxy) is 1. The minimum Gasteiger partial charge on any atom is -0.375 e. The molecule has 104 valence electrons. The highest BCUT2D eigenvalue weighted by molar-refractivity contribution is 5.77. The van der Waals surface area contributed by atoms with Crippen LogP contribution < -0.4 is 0 Å². The molecular formula is C14H26N2O2. The molecule has 2 aliphatic rings. The molecule has 0 N–H and O–H groups in total. The quantitative estimate of drug-likeness (QED) is 0.745. The third-order valence-electron chi connectivity index (χ3n) is 4.19. The first-order valence-electron chi connectivity index (χ1n) is 7.32. The van der Waals surface area contributed by atoms with Crippen molar-refractivity contribution in [1.29, 1.82) is 0 Å². The molecule has 0 aromatic carbocycles. The van der Waals surface area contributed by atoms with Gasteiger partial charge in [0.15, 0.2) is 0 Å². The van der Waals surface area contributed by atoms with Crippen LogP contribution in [0.2, 0.25) is 0 Å². The van der Waals surface area contributed by atoms with E-state index in [1.165, 1.54) is 38.8 Å². The van der Waals surface area contributed by atoms with E-state index in [0.29, 0.717) is 6.04 Å². The van der Waals surface area contributed by atoms with Gasteiger partial charge in [0.1, 0.15) is 6.61 Å². The van der Waals surface area contributed by atoms with Crippen molar-refractivity contribution in [2.45, 2.75) is 44.6 Å². The molecule has 1 amide bonds. The highest BCUT2D eigenvalue weighted by atomic mass is 16.5. The fraction of sp³-hybridized carbons (Fsp3) is 0.929. The van der Waals surface area contributed by atoms with E-state index in [4.69, 9.17) is 4.74 Å². The van der Waals surface area contributed by atoms with E-state index in [1.807, 2.05) is 0 Å². The minimum absolute atomic E-state index is 0.170. The van der Waals surface area contributed by atoms with Crippen LogP contribution in [-0.4, -0.2) is 61.6 Å². The normalized spacial score (nSPS) is 25.6. The maximum Gasteiger partial charge on any atom is 0.248 e. The van der Waals surface area contributed by atoms with E-state index in [9.17, 15) is 4.79 Å². The second-order valence-corrected chi connectivity index (χ2v) is 5.51. The second-order valence-electron chi connectivity index (χ2n) is 5.51. The van der Waals surface area contributed by atoms with Gasteiger partial charge in [0.05, 0.1) is 0 Å². The molecule has 4 heteroatoms. The van der Waals surface area contributed by atoms with Gasteiger partial charge in [0, 0.05) is 26.2 Å². The predicted octanol–water partition coefficient (Wildman–Crippen LogP) is 1.50. The van der Waals surface area contributed by atoms with E-state index >= 15 is 0 Å². The van der Waals surface area contributed by atoms with E-state index in [2.05, 4.69) is 9.80 Å². The lowest BCUT2D eigenvalue weighted by Gasteiger charge is -2.36. The molecule has 0 spiro atoms. The van der Waals surface area contributed by atoms with Crippen molar-refractivity contribution < 1.29 is 9.53 Å². The Balaban J connectivity index is 1.80. The Bertz CT molecular complexity index is 265. The summed E-state index contributed by atoms with van der Waals surface area (Å²) in [6.07, 6.45) is 7.41. The summed E-state index contributed by atoms with van der Waals surface area (Å²) in [5, 5.41) is 0. The molecule has 0 unspecified atom stereocenters. The number of methoxy groups -OCH3 is 1. The van der Waals surface area contributed by atoms with Crippen LogP contribution in [0.15, 0.2) is 0 Å². The van der Waals surface area contributed by atoms with Gasteiger partial charge < -0.3 is 14.5 Å². The molecule has 2 rings (SSSR count). The molecule has 1 atom stereocenters. The topological polar surface area (TPSA) is 32.8 Å². The molecule has 18 heavy (non-hydrogen) atoms. The summed E-state index contributed by atoms with van der Waals surface area (Å²) >= 11 is 0. The number of likely N-dealkylation sites (tertiary alicyclic amines) is 2. The van der Waals surface area contributed by atoms with E-state index in [-0.39, 0.29) is 12.5 Å². The number of carbonyl (C=O) groups is 1. The zero-order chi connectivity index (χ0) is 12.8. The molecule has 0 radical (unpaired) electrons. The van der Waals surface area contributed by atoms with Gasteiger partial charge in [0.25, 0.3) is 0 Å². The lowest BCUT2D eigenvalue weighted by Crippen LogP contribution is -2.46. The van der Waals surface area contributed by atoms with Crippen LogP contribution in [0.25, 0.3) is 0 Å². The van der Waals surface area contributed by atoms with E-state index in [0.717, 1.165) is 25.9 Å². The van der Waals surface area contributed by atoms with Crippen molar-refractivity contribution in [3.8, 4) is 0 Å². The Hall–Kier alpha value is -0.610. The molecule has 2 fully saturated rings. The number of piperidine rings is 1. The van der Waals surface area contributed by atoms with Crippen molar-refractivity contribution in [2.24, 2.45) is 0 Å². The molecule has 0 aromatic rings. The SMILES string of the molecule is COCC(=O)N1CCCC[C@H]1CCN1CCCC1. The van der Waals surface area contributed by atoms with Gasteiger partial charge in [-0.2, -0.15) is 0 Å². The summed E-state index contributed by atoms with van der Waals surface area (Å²) in [7, 11) is 1.60. The van der Waals surface area contributed by atoms with Gasteiger partial charge in [0.2, 0.25) is 5.91 Å². The summed E-state index contributed by atoms with van der Waals surface area (Å²) in [6, 6.07) is 0.446. The van der Waals surface area contributed by atoms with Crippen molar-refractivity contribution in [3.63, 3.8) is 0 Å². The second kappa shape index (κ2) is 7.10. The summed E-state index contributed by atoms with van der Waals surface area (Å²) < 4.78 is 4.98. The Labute approximate surface area is 110 Å². The molecular weight excluding hydrogens is 228 g/mol. The van der Waals surface area contributed by atoms with Gasteiger partial charge in [-0.3, -0.25) is 4.79 Å². The van der Waals surface area contributed by atoms with Crippen LogP contribution in [0, 0.1) is 0 Å². The first-order valence-corrected chi connectivity index (χ1v) is 7.32. The molecule has 0 bridgehead atoms. The minimum atomic E-state index is 0.170. The van der Waals surface area contributed by atoms with Crippen molar-refractivity contribution in [3.05, 3.63) is 0 Å². The first-order chi connectivity index (χ1) is 8.81. The Morgan fingerprint density at radius 3 is 2.61 bits per heavy atom. The zero-order valence-corrected chi connectivity index (χ0v) is 11.6. The average molecular weight is 254 g/mol. The smallest absolute Gasteiger partial charge is 0.248 e. The van der Waals surface area contributed by atoms with Gasteiger partial charge in [-0.25, -0.2) is 0 Å². The predicted molar refractivity (Wildman–Crippen MR) is 71.5 cm³/mol. The van der Waals surface area contributed by atoms with Crippen molar-refractivity contribution >= 4 is 5.91 Å². The van der Waals surface area contributed by atoms with Gasteiger partial charge in [-0.15, -0.1) is 0 Å². The summed E-state index contributed by atoms with van der Waals surface area (Å²) in [6.45, 7) is 4.81. The zero-order valence-electron chi connectivity index (χ0n) is 11.6. The molecule has 0 saturated carbocycles. The summed E-state index contributed by atoms with van der Waals surface area (Å²) in [5.74, 6) is 0.170. The monoisotopic (exact) mass is 254 g/mol. The van der Waals surface area contributed by atoms with Crippen LogP contribution >= 0.6 is 0 Å². The fourth-order valence-electron chi connectivity index (χ4n) is 3.17. The first kappa shape index (κ1) is 13.8. The third-order valence-corrected chi connectivity index (χ3v) is 4.19. The van der Waals surface area contributed by atoms with Crippen LogP contribution in [-0.2, 0) is 9.53 Å². The molecule has 2 aliphatic heterocycles. The molecule has 2 heterocycles. The maximum absolute atomic E-state index is 12.0. The van der Waals surface area contributed by atoms with Gasteiger partial charge in [-0.1, -0.05) is 0 Å². The van der Waals surface area contributed by atoms with Crippen LogP contribution in [0.5, 0.6) is 0 Å². The van der Waals surface area contributed by atoms with Crippen LogP contribution in [0.4, 0.5) is 0 Å². The molecule has 2 saturated heterocycles. The van der Waals surface area contributed by atoms with E-state index < -0.39 is 0 Å². The fourth-order valence-corrected chi connectivity index (χ4v) is 3.17. The number of carbonyl (C=O) groups excluding carboxylic acids is 1. The van der Waals surface area contributed by atoms with Crippen molar-refractivity contribution in [1.82, 2.24) is 9.80 Å². The Morgan fingerprint density at radius 1 is 1.17 bits per heavy atom. The number of hydrogen-bond acceptors (Lipinski definition) is 3. The number of rotatable bonds is 5. The maximum atomic E-state index is 12.0. The number of nitrogens with zero attached hydrogens (tertiary/aromatic N) is 2. The highest BCUT2D eigenvalue weighted by Crippen LogP contribution is 2.21. The standard InChI is InChI=1S/C14H26N2O2/c1-18-12-14(17)16-10-3-2-6-13(16)7-11-15-8-4-5-9-15/h13H,2-12H2,1H3/t13-/m0/s1. The third kappa shape index (κ3) is 3.69. The van der Waals surface area contributed by atoms with Crippen LogP contribution in [0.3, 0.4) is 0 Å². The van der Waals surface area contributed by atoms with Gasteiger partial charge >= 0.3 is 0 Å². The van der Waals surface area contributed by atoms with Crippen LogP contribution in [0.1, 0.15) is 38.5 Å². The van der Waals surface area contributed by atoms with E-state index in [1.54, 1.807) is 7.11 Å². The largest absolute Gasteiger partial charge is 0.375 e. The highest BCUT2D eigenvalue weighted by Gasteiger charge is 2.26. The lowest BCUT2D eigenvalue weighted by molar-refractivity contribution is -0.139. The Kier molecular flexibility index (Phi) is 5.45. The summed E-state index contributed by atoms with van der Waals surface area (Å²) in [4.78, 5) is 16.6. The lowest BCUT2D eigenvalue weighted by atomic mass is 9.99. The molecule has 0 aromatic heterocycles. The summed E-state index contributed by atoms with van der Waals surface area (Å²) in [5.41, 5.74) is 0. The molecule has 0 aliphatic carbocycles. The average Bonchev–Trinajstić information content (AvgIpc) is 2.90. The number of hydrogen-bond donors (Lipinski definition) is 0. The molecule has 4 nitrogen and oxygen atoms in total. The van der Waals surface area contributed by atoms with Crippen molar-refractivity contribution in [2.75, 3.05) is 39.9 Å². The van der Waals surface area contributed by atoms with Gasteiger partial charge in [-0.05, 0) is 51.6 Å². The Morgan fingerprint density at radius 2 is 1.89 bits per heavy atom. The number of amides is 1.